The molecule has 1 rings (SSSR count). The predicted molar refractivity (Wildman–Crippen MR) is 48.7 cm³/mol. The van der Waals surface area contributed by atoms with E-state index < -0.39 is 0 Å². The third-order valence-electron chi connectivity index (χ3n) is 1.58. The molecule has 0 heterocycles. The summed E-state index contributed by atoms with van der Waals surface area (Å²) in [5, 5.41) is 0. The molecule has 0 spiro atoms. The largest absolute Gasteiger partial charge is 0.492 e. The van der Waals surface area contributed by atoms with E-state index in [1.807, 2.05) is 6.92 Å². The van der Waals surface area contributed by atoms with Crippen LogP contribution >= 0.6 is 0 Å². The van der Waals surface area contributed by atoms with E-state index in [9.17, 15) is 4.39 Å². The zero-order valence-corrected chi connectivity index (χ0v) is 7.46. The van der Waals surface area contributed by atoms with Crippen LogP contribution in [0.25, 0.3) is 0 Å². The van der Waals surface area contributed by atoms with Gasteiger partial charge in [0.2, 0.25) is 0 Å². The van der Waals surface area contributed by atoms with E-state index in [-0.39, 0.29) is 11.9 Å². The van der Waals surface area contributed by atoms with Crippen molar-refractivity contribution in [2.75, 3.05) is 6.61 Å². The SMILES string of the molecule is CC(COc1cccc(F)c1)NN. The Labute approximate surface area is 76.7 Å². The van der Waals surface area contributed by atoms with E-state index in [1.54, 1.807) is 12.1 Å². The third kappa shape index (κ3) is 3.40. The zero-order chi connectivity index (χ0) is 9.68. The molecule has 0 aliphatic carbocycles. The third-order valence-corrected chi connectivity index (χ3v) is 1.58. The second kappa shape index (κ2) is 4.79. The van der Waals surface area contributed by atoms with Crippen LogP contribution < -0.4 is 16.0 Å². The van der Waals surface area contributed by atoms with Gasteiger partial charge in [-0.2, -0.15) is 0 Å². The minimum absolute atomic E-state index is 0.0447. The summed E-state index contributed by atoms with van der Waals surface area (Å²) in [5.74, 6) is 5.38. The van der Waals surface area contributed by atoms with Gasteiger partial charge >= 0.3 is 0 Å². The molecule has 3 N–H and O–H groups in total. The number of hydrogen-bond acceptors (Lipinski definition) is 3. The van der Waals surface area contributed by atoms with Crippen molar-refractivity contribution in [3.8, 4) is 5.75 Å². The molecule has 0 aliphatic heterocycles. The van der Waals surface area contributed by atoms with Crippen LogP contribution in [0.3, 0.4) is 0 Å². The van der Waals surface area contributed by atoms with Crippen LogP contribution in [0.4, 0.5) is 4.39 Å². The van der Waals surface area contributed by atoms with Crippen molar-refractivity contribution >= 4 is 0 Å². The smallest absolute Gasteiger partial charge is 0.126 e. The van der Waals surface area contributed by atoms with Crippen LogP contribution in [0, 0.1) is 5.82 Å². The molecule has 0 radical (unpaired) electrons. The van der Waals surface area contributed by atoms with E-state index in [1.165, 1.54) is 12.1 Å². The Morgan fingerprint density at radius 3 is 3.00 bits per heavy atom. The second-order valence-electron chi connectivity index (χ2n) is 2.84. The minimum Gasteiger partial charge on any atom is -0.492 e. The van der Waals surface area contributed by atoms with Crippen molar-refractivity contribution in [3.63, 3.8) is 0 Å². The first-order valence-electron chi connectivity index (χ1n) is 4.07. The normalized spacial score (nSPS) is 12.5. The molecule has 0 saturated heterocycles. The van der Waals surface area contributed by atoms with Crippen molar-refractivity contribution in [3.05, 3.63) is 30.1 Å². The highest BCUT2D eigenvalue weighted by Crippen LogP contribution is 2.11. The lowest BCUT2D eigenvalue weighted by Gasteiger charge is -2.11. The van der Waals surface area contributed by atoms with Crippen molar-refractivity contribution in [2.45, 2.75) is 13.0 Å². The second-order valence-corrected chi connectivity index (χ2v) is 2.84. The van der Waals surface area contributed by atoms with Gasteiger partial charge in [-0.25, -0.2) is 4.39 Å². The number of hydrogen-bond donors (Lipinski definition) is 2. The molecule has 1 aromatic carbocycles. The fourth-order valence-corrected chi connectivity index (χ4v) is 0.826. The summed E-state index contributed by atoms with van der Waals surface area (Å²) in [4.78, 5) is 0. The first-order chi connectivity index (χ1) is 6.22. The molecule has 1 aromatic rings. The molecule has 0 fully saturated rings. The Morgan fingerprint density at radius 2 is 2.38 bits per heavy atom. The monoisotopic (exact) mass is 184 g/mol. The van der Waals surface area contributed by atoms with Crippen LogP contribution in [0.1, 0.15) is 6.92 Å². The first-order valence-corrected chi connectivity index (χ1v) is 4.07. The number of hydrazine groups is 1. The molecule has 0 aromatic heterocycles. The van der Waals surface area contributed by atoms with E-state index in [2.05, 4.69) is 5.43 Å². The lowest BCUT2D eigenvalue weighted by Crippen LogP contribution is -2.36. The molecular formula is C9H13FN2O. The Hall–Kier alpha value is -1.13. The molecule has 72 valence electrons. The summed E-state index contributed by atoms with van der Waals surface area (Å²) in [6, 6.07) is 6.06. The van der Waals surface area contributed by atoms with Gasteiger partial charge in [-0.05, 0) is 19.1 Å². The van der Waals surface area contributed by atoms with Crippen LogP contribution in [0.15, 0.2) is 24.3 Å². The summed E-state index contributed by atoms with van der Waals surface area (Å²) < 4.78 is 17.9. The van der Waals surface area contributed by atoms with Crippen molar-refractivity contribution in [1.82, 2.24) is 5.43 Å². The van der Waals surface area contributed by atoms with E-state index in [4.69, 9.17) is 10.6 Å². The Morgan fingerprint density at radius 1 is 1.62 bits per heavy atom. The Bertz CT molecular complexity index is 268. The highest BCUT2D eigenvalue weighted by atomic mass is 19.1. The topological polar surface area (TPSA) is 47.3 Å². The fraction of sp³-hybridized carbons (Fsp3) is 0.333. The molecule has 13 heavy (non-hydrogen) atoms. The number of nitrogens with two attached hydrogens (primary N) is 1. The van der Waals surface area contributed by atoms with Gasteiger partial charge < -0.3 is 4.74 Å². The molecule has 1 atom stereocenters. The zero-order valence-electron chi connectivity index (χ0n) is 7.46. The van der Waals surface area contributed by atoms with Gasteiger partial charge in [0.05, 0.1) is 6.04 Å². The highest BCUT2D eigenvalue weighted by Gasteiger charge is 2.00. The molecule has 3 nitrogen and oxygen atoms in total. The average Bonchev–Trinajstić information content (AvgIpc) is 2.14. The van der Waals surface area contributed by atoms with Gasteiger partial charge in [-0.15, -0.1) is 0 Å². The average molecular weight is 184 g/mol. The number of nitrogens with one attached hydrogen (secondary N) is 1. The van der Waals surface area contributed by atoms with Gasteiger partial charge in [-0.1, -0.05) is 6.07 Å². The van der Waals surface area contributed by atoms with Crippen LogP contribution in [-0.2, 0) is 0 Å². The van der Waals surface area contributed by atoms with Gasteiger partial charge in [-0.3, -0.25) is 11.3 Å². The lowest BCUT2D eigenvalue weighted by atomic mass is 10.3. The predicted octanol–water partition coefficient (Wildman–Crippen LogP) is 1.06. The van der Waals surface area contributed by atoms with Crippen LogP contribution in [0.5, 0.6) is 5.75 Å². The number of halogens is 1. The maximum atomic E-state index is 12.7. The van der Waals surface area contributed by atoms with Crippen LogP contribution in [0.2, 0.25) is 0 Å². The summed E-state index contributed by atoms with van der Waals surface area (Å²) >= 11 is 0. The molecule has 0 saturated carbocycles. The quantitative estimate of drug-likeness (QED) is 0.543. The van der Waals surface area contributed by atoms with Crippen molar-refractivity contribution in [2.24, 2.45) is 5.84 Å². The maximum Gasteiger partial charge on any atom is 0.126 e. The molecule has 4 heteroatoms. The summed E-state index contributed by atoms with van der Waals surface area (Å²) in [7, 11) is 0. The molecule has 1 unspecified atom stereocenters. The van der Waals surface area contributed by atoms with Crippen molar-refractivity contribution < 1.29 is 9.13 Å². The minimum atomic E-state index is -0.300. The first kappa shape index (κ1) is 9.95. The standard InChI is InChI=1S/C9H13FN2O/c1-7(12-11)6-13-9-4-2-3-8(10)5-9/h2-5,7,12H,6,11H2,1H3. The van der Waals surface area contributed by atoms with E-state index in [0.717, 1.165) is 0 Å². The van der Waals surface area contributed by atoms with Crippen molar-refractivity contribution in [1.29, 1.82) is 0 Å². The summed E-state index contributed by atoms with van der Waals surface area (Å²) in [5.41, 5.74) is 2.53. The highest BCUT2D eigenvalue weighted by molar-refractivity contribution is 5.22. The van der Waals surface area contributed by atoms with Gasteiger partial charge in [0, 0.05) is 6.07 Å². The molecule has 0 aliphatic rings. The fourth-order valence-electron chi connectivity index (χ4n) is 0.826. The van der Waals surface area contributed by atoms with Crippen LogP contribution in [-0.4, -0.2) is 12.6 Å². The summed E-state index contributed by atoms with van der Waals surface area (Å²) in [6.45, 7) is 2.29. The molecule has 0 bridgehead atoms. The van der Waals surface area contributed by atoms with Gasteiger partial charge in [0.25, 0.3) is 0 Å². The number of rotatable bonds is 4. The summed E-state index contributed by atoms with van der Waals surface area (Å²) in [6.07, 6.45) is 0. The Balaban J connectivity index is 2.45. The number of ether oxygens (including phenoxy) is 1. The van der Waals surface area contributed by atoms with E-state index in [0.29, 0.717) is 12.4 Å². The van der Waals surface area contributed by atoms with Gasteiger partial charge in [0.1, 0.15) is 18.2 Å². The van der Waals surface area contributed by atoms with E-state index >= 15 is 0 Å². The molecular weight excluding hydrogens is 171 g/mol. The Kier molecular flexibility index (Phi) is 3.67. The lowest BCUT2D eigenvalue weighted by molar-refractivity contribution is 0.273. The maximum absolute atomic E-state index is 12.7. The number of benzene rings is 1. The molecule has 0 amide bonds. The van der Waals surface area contributed by atoms with Gasteiger partial charge in [0.15, 0.2) is 0 Å².